The van der Waals surface area contributed by atoms with Crippen molar-refractivity contribution in [1.29, 1.82) is 0 Å². The number of carboxylic acid groups (broad SMARTS) is 1. The summed E-state index contributed by atoms with van der Waals surface area (Å²) < 4.78 is 37.6. The number of aliphatic hydroxyl groups excluding tert-OH is 1. The average molecular weight is 291 g/mol. The Kier molecular flexibility index (Phi) is 5.38. The summed E-state index contributed by atoms with van der Waals surface area (Å²) >= 11 is 0. The summed E-state index contributed by atoms with van der Waals surface area (Å²) in [4.78, 5) is 11.0. The summed E-state index contributed by atoms with van der Waals surface area (Å²) in [5.41, 5.74) is -1.28. The van der Waals surface area contributed by atoms with E-state index in [1.54, 1.807) is 0 Å². The number of hydrogen-bond acceptors (Lipinski definition) is 3. The number of hydrogen-bond donors (Lipinski definition) is 3. The summed E-state index contributed by atoms with van der Waals surface area (Å²) in [6.45, 7) is 2.21. The van der Waals surface area contributed by atoms with Crippen LogP contribution in [-0.4, -0.2) is 29.3 Å². The predicted octanol–water partition coefficient (Wildman–Crippen LogP) is 2.83. The highest BCUT2D eigenvalue weighted by Gasteiger charge is 2.31. The summed E-state index contributed by atoms with van der Waals surface area (Å²) in [6.07, 6.45) is -4.05. The molecule has 0 aliphatic heterocycles. The van der Waals surface area contributed by atoms with Gasteiger partial charge in [0.25, 0.3) is 0 Å². The summed E-state index contributed by atoms with van der Waals surface area (Å²) in [6, 6.07) is 2.56. The molecule has 0 aromatic heterocycles. The van der Waals surface area contributed by atoms with Gasteiger partial charge >= 0.3 is 12.1 Å². The van der Waals surface area contributed by atoms with Gasteiger partial charge in [-0.2, -0.15) is 13.2 Å². The first-order valence-corrected chi connectivity index (χ1v) is 6.05. The number of rotatable bonds is 6. The molecule has 3 N–H and O–H groups in total. The van der Waals surface area contributed by atoms with E-state index in [1.165, 1.54) is 0 Å². The molecule has 1 unspecified atom stereocenters. The molecule has 0 aliphatic rings. The first-order chi connectivity index (χ1) is 9.25. The minimum atomic E-state index is -4.58. The Hall–Kier alpha value is -1.76. The lowest BCUT2D eigenvalue weighted by molar-refractivity contribution is -0.137. The van der Waals surface area contributed by atoms with Crippen molar-refractivity contribution in [3.8, 4) is 0 Å². The molecule has 4 nitrogen and oxygen atoms in total. The number of aliphatic hydroxyl groups is 1. The zero-order chi connectivity index (χ0) is 15.3. The molecule has 1 rings (SSSR count). The summed E-state index contributed by atoms with van der Waals surface area (Å²) in [5.74, 6) is -1.35. The highest BCUT2D eigenvalue weighted by Crippen LogP contribution is 2.32. The van der Waals surface area contributed by atoms with Gasteiger partial charge in [0.05, 0.1) is 11.1 Å². The van der Waals surface area contributed by atoms with Crippen LogP contribution < -0.4 is 5.32 Å². The van der Waals surface area contributed by atoms with Crippen molar-refractivity contribution in [1.82, 2.24) is 0 Å². The molecule has 0 bridgehead atoms. The van der Waals surface area contributed by atoms with Gasteiger partial charge in [-0.3, -0.25) is 0 Å². The number of halogens is 3. The van der Waals surface area contributed by atoms with Crippen molar-refractivity contribution in [3.63, 3.8) is 0 Å². The van der Waals surface area contributed by atoms with Crippen LogP contribution in [0.5, 0.6) is 0 Å². The lowest BCUT2D eigenvalue weighted by atomic mass is 10.1. The van der Waals surface area contributed by atoms with Crippen LogP contribution in [0.25, 0.3) is 0 Å². The second kappa shape index (κ2) is 6.60. The van der Waals surface area contributed by atoms with E-state index in [2.05, 4.69) is 5.32 Å². The number of aromatic carboxylic acids is 1. The maximum absolute atomic E-state index is 12.5. The largest absolute Gasteiger partial charge is 0.478 e. The Morgan fingerprint density at radius 3 is 2.55 bits per heavy atom. The monoisotopic (exact) mass is 291 g/mol. The number of benzene rings is 1. The molecule has 20 heavy (non-hydrogen) atoms. The topological polar surface area (TPSA) is 69.6 Å². The van der Waals surface area contributed by atoms with Crippen molar-refractivity contribution in [2.45, 2.75) is 19.5 Å². The lowest BCUT2D eigenvalue weighted by Gasteiger charge is -2.15. The van der Waals surface area contributed by atoms with Gasteiger partial charge in [0.1, 0.15) is 0 Å². The van der Waals surface area contributed by atoms with Gasteiger partial charge in [-0.1, -0.05) is 6.92 Å². The third-order valence-corrected chi connectivity index (χ3v) is 2.84. The number of carbonyl (C=O) groups is 1. The van der Waals surface area contributed by atoms with Gasteiger partial charge in [0.15, 0.2) is 0 Å². The van der Waals surface area contributed by atoms with E-state index in [-0.39, 0.29) is 18.2 Å². The number of nitrogens with one attached hydrogen (secondary N) is 1. The number of carboxylic acids is 1. The van der Waals surface area contributed by atoms with Crippen molar-refractivity contribution >= 4 is 11.7 Å². The van der Waals surface area contributed by atoms with E-state index in [4.69, 9.17) is 10.2 Å². The Balaban J connectivity index is 2.94. The Bertz CT molecular complexity index is 474. The predicted molar refractivity (Wildman–Crippen MR) is 67.8 cm³/mol. The third-order valence-electron chi connectivity index (χ3n) is 2.84. The minimum Gasteiger partial charge on any atom is -0.478 e. The first-order valence-electron chi connectivity index (χ1n) is 6.05. The molecule has 0 fully saturated rings. The maximum Gasteiger partial charge on any atom is 0.416 e. The smallest absolute Gasteiger partial charge is 0.416 e. The average Bonchev–Trinajstić information content (AvgIpc) is 2.35. The fraction of sp³-hybridized carbons (Fsp3) is 0.462. The lowest BCUT2D eigenvalue weighted by Crippen LogP contribution is -2.16. The van der Waals surface area contributed by atoms with Gasteiger partial charge in [-0.25, -0.2) is 4.79 Å². The van der Waals surface area contributed by atoms with E-state index in [9.17, 15) is 18.0 Å². The molecule has 0 saturated heterocycles. The highest BCUT2D eigenvalue weighted by molar-refractivity contribution is 5.94. The van der Waals surface area contributed by atoms with Crippen LogP contribution in [0, 0.1) is 5.92 Å². The Morgan fingerprint density at radius 1 is 1.40 bits per heavy atom. The normalized spacial score (nSPS) is 13.1. The molecular formula is C13H16F3NO3. The molecule has 1 aromatic carbocycles. The van der Waals surface area contributed by atoms with Gasteiger partial charge in [0.2, 0.25) is 0 Å². The fourth-order valence-electron chi connectivity index (χ4n) is 1.66. The number of alkyl halides is 3. The van der Waals surface area contributed by atoms with Gasteiger partial charge in [-0.05, 0) is 30.5 Å². The van der Waals surface area contributed by atoms with Crippen molar-refractivity contribution in [2.24, 2.45) is 5.92 Å². The van der Waals surface area contributed by atoms with Crippen molar-refractivity contribution in [3.05, 3.63) is 29.3 Å². The minimum absolute atomic E-state index is 0.00163. The molecular weight excluding hydrogens is 275 g/mol. The molecule has 0 aliphatic carbocycles. The maximum atomic E-state index is 12.5. The zero-order valence-electron chi connectivity index (χ0n) is 10.9. The van der Waals surface area contributed by atoms with Crippen LogP contribution in [-0.2, 0) is 6.18 Å². The Labute approximate surface area is 114 Å². The zero-order valence-corrected chi connectivity index (χ0v) is 10.9. The molecule has 0 saturated carbocycles. The van der Waals surface area contributed by atoms with Crippen LogP contribution in [0.15, 0.2) is 18.2 Å². The molecule has 112 valence electrons. The third kappa shape index (κ3) is 4.41. The van der Waals surface area contributed by atoms with Crippen LogP contribution in [0.1, 0.15) is 29.3 Å². The van der Waals surface area contributed by atoms with Gasteiger partial charge < -0.3 is 15.5 Å². The quantitative estimate of drug-likeness (QED) is 0.754. The highest BCUT2D eigenvalue weighted by atomic mass is 19.4. The van der Waals surface area contributed by atoms with Crippen LogP contribution in [0.4, 0.5) is 18.9 Å². The molecule has 7 heteroatoms. The van der Waals surface area contributed by atoms with Crippen molar-refractivity contribution in [2.75, 3.05) is 18.5 Å². The van der Waals surface area contributed by atoms with E-state index in [0.29, 0.717) is 19.0 Å². The fourth-order valence-corrected chi connectivity index (χ4v) is 1.66. The summed E-state index contributed by atoms with van der Waals surface area (Å²) in [5, 5.41) is 20.5. The first kappa shape index (κ1) is 16.3. The van der Waals surface area contributed by atoms with Gasteiger partial charge in [0, 0.05) is 18.8 Å². The van der Waals surface area contributed by atoms with Crippen LogP contribution in [0.3, 0.4) is 0 Å². The molecule has 0 heterocycles. The summed E-state index contributed by atoms with van der Waals surface area (Å²) in [7, 11) is 0. The number of anilines is 1. The standard InChI is InChI=1S/C13H16F3NO3/c1-8(4-5-18)7-17-11-3-2-9(13(14,15)16)6-10(11)12(19)20/h2-3,6,8,17-18H,4-5,7H2,1H3,(H,19,20). The molecule has 1 atom stereocenters. The van der Waals surface area contributed by atoms with E-state index in [0.717, 1.165) is 12.1 Å². The van der Waals surface area contributed by atoms with E-state index >= 15 is 0 Å². The molecule has 0 amide bonds. The second-order valence-electron chi connectivity index (χ2n) is 4.56. The Morgan fingerprint density at radius 2 is 2.05 bits per heavy atom. The molecule has 1 aromatic rings. The van der Waals surface area contributed by atoms with Gasteiger partial charge in [-0.15, -0.1) is 0 Å². The van der Waals surface area contributed by atoms with E-state index < -0.39 is 23.3 Å². The van der Waals surface area contributed by atoms with Crippen LogP contribution in [0.2, 0.25) is 0 Å². The van der Waals surface area contributed by atoms with Crippen LogP contribution >= 0.6 is 0 Å². The van der Waals surface area contributed by atoms with E-state index in [1.807, 2.05) is 6.92 Å². The molecule has 0 spiro atoms. The second-order valence-corrected chi connectivity index (χ2v) is 4.56. The van der Waals surface area contributed by atoms with Crippen molar-refractivity contribution < 1.29 is 28.2 Å². The SMILES string of the molecule is CC(CCO)CNc1ccc(C(F)(F)F)cc1C(=O)O. The molecule has 0 radical (unpaired) electrons.